The molecule has 2 rings (SSSR count). The van der Waals surface area contributed by atoms with E-state index in [-0.39, 0.29) is 12.4 Å². The van der Waals surface area contributed by atoms with Crippen molar-refractivity contribution in [3.05, 3.63) is 82.4 Å². The predicted octanol–water partition coefficient (Wildman–Crippen LogP) is 6.52. The van der Waals surface area contributed by atoms with Gasteiger partial charge in [-0.15, -0.1) is 0 Å². The van der Waals surface area contributed by atoms with Gasteiger partial charge in [-0.1, -0.05) is 61.6 Å². The van der Waals surface area contributed by atoms with Gasteiger partial charge in [-0.25, -0.2) is 4.39 Å². The van der Waals surface area contributed by atoms with Gasteiger partial charge >= 0.3 is 0 Å². The molecule has 0 saturated heterocycles. The number of aliphatic imine (C=N–C) groups is 1. The Morgan fingerprint density at radius 1 is 1.11 bits per heavy atom. The molecule has 0 aliphatic rings. The van der Waals surface area contributed by atoms with E-state index in [0.29, 0.717) is 48.6 Å². The summed E-state index contributed by atoms with van der Waals surface area (Å²) in [7, 11) is 3.03. The second kappa shape index (κ2) is 14.4. The Labute approximate surface area is 214 Å². The number of nitrogens with zero attached hydrogens (tertiary/aromatic N) is 1. The summed E-state index contributed by atoms with van der Waals surface area (Å²) in [6.07, 6.45) is 11.1. The fraction of sp³-hybridized carbons (Fsp3) is 0.367. The van der Waals surface area contributed by atoms with Crippen molar-refractivity contribution >= 4 is 23.9 Å². The number of aliphatic hydroxyl groups excluding tert-OH is 1. The van der Waals surface area contributed by atoms with Gasteiger partial charge < -0.3 is 19.7 Å². The van der Waals surface area contributed by atoms with Crippen LogP contribution >= 0.6 is 0 Å². The molecule has 0 spiro atoms. The second-order valence-corrected chi connectivity index (χ2v) is 8.43. The molecular weight excluding hydrogens is 457 g/mol. The highest BCUT2D eigenvalue weighted by atomic mass is 19.1. The molecule has 0 bridgehead atoms. The van der Waals surface area contributed by atoms with Crippen molar-refractivity contribution in [3.63, 3.8) is 0 Å². The van der Waals surface area contributed by atoms with Gasteiger partial charge in [-0.3, -0.25) is 4.99 Å². The van der Waals surface area contributed by atoms with Crippen molar-refractivity contribution in [3.8, 4) is 5.75 Å². The first kappa shape index (κ1) is 29.0. The van der Waals surface area contributed by atoms with Crippen LogP contribution in [0.25, 0.3) is 18.0 Å². The van der Waals surface area contributed by atoms with E-state index in [9.17, 15) is 10.2 Å². The lowest BCUT2D eigenvalue weighted by Crippen LogP contribution is -2.39. The molecule has 1 unspecified atom stereocenters. The molecule has 0 radical (unpaired) electrons. The van der Waals surface area contributed by atoms with Gasteiger partial charge in [-0.05, 0) is 61.9 Å². The monoisotopic (exact) mass is 495 g/mol. The van der Waals surface area contributed by atoms with Gasteiger partial charge in [0.05, 0.1) is 20.8 Å². The zero-order valence-corrected chi connectivity index (χ0v) is 21.9. The Morgan fingerprint density at radius 3 is 2.50 bits per heavy atom. The van der Waals surface area contributed by atoms with Crippen LogP contribution in [0, 0.1) is 6.92 Å². The van der Waals surface area contributed by atoms with Crippen LogP contribution in [0.3, 0.4) is 0 Å². The molecule has 0 amide bonds. The fourth-order valence-electron chi connectivity index (χ4n) is 3.89. The highest BCUT2D eigenvalue weighted by molar-refractivity contribution is 5.84. The Hall–Kier alpha value is -3.22. The molecule has 1 atom stereocenters. The number of benzene rings is 2. The number of rotatable bonds is 12. The van der Waals surface area contributed by atoms with E-state index in [2.05, 4.69) is 4.99 Å². The maximum absolute atomic E-state index is 15.0. The third-order valence-electron chi connectivity index (χ3n) is 6.16. The van der Waals surface area contributed by atoms with Crippen molar-refractivity contribution in [1.82, 2.24) is 0 Å². The normalized spacial score (nSPS) is 14.4. The van der Waals surface area contributed by atoms with Gasteiger partial charge in [0.1, 0.15) is 17.2 Å². The van der Waals surface area contributed by atoms with Crippen LogP contribution < -0.4 is 4.74 Å². The summed E-state index contributed by atoms with van der Waals surface area (Å²) in [6, 6.07) is 10.6. The molecule has 0 fully saturated rings. The zero-order chi connectivity index (χ0) is 26.6. The highest BCUT2D eigenvalue weighted by Gasteiger charge is 2.31. The summed E-state index contributed by atoms with van der Waals surface area (Å²) in [6.45, 7) is 6.18. The summed E-state index contributed by atoms with van der Waals surface area (Å²) in [5.74, 6) is 0.450. The Morgan fingerprint density at radius 2 is 1.86 bits per heavy atom. The molecule has 2 aromatic rings. The van der Waals surface area contributed by atoms with Gasteiger partial charge in [0.25, 0.3) is 0 Å². The Kier molecular flexibility index (Phi) is 11.6. The van der Waals surface area contributed by atoms with Crippen LogP contribution in [-0.4, -0.2) is 42.5 Å². The molecule has 0 aliphatic carbocycles. The minimum absolute atomic E-state index is 0.169. The molecule has 0 aliphatic heterocycles. The lowest BCUT2D eigenvalue weighted by Gasteiger charge is -2.26. The van der Waals surface area contributed by atoms with Crippen molar-refractivity contribution in [2.45, 2.75) is 52.2 Å². The van der Waals surface area contributed by atoms with Crippen molar-refractivity contribution in [2.24, 2.45) is 4.99 Å². The zero-order valence-electron chi connectivity index (χ0n) is 21.9. The minimum Gasteiger partial charge on any atom is -0.496 e. The molecule has 2 N–H and O–H groups in total. The van der Waals surface area contributed by atoms with Crippen LogP contribution in [0.15, 0.2) is 59.6 Å². The van der Waals surface area contributed by atoms with Crippen LogP contribution in [0.4, 0.5) is 4.39 Å². The van der Waals surface area contributed by atoms with E-state index in [1.807, 2.05) is 63.3 Å². The average molecular weight is 496 g/mol. The maximum Gasteiger partial charge on any atom is 0.215 e. The number of hydrogen-bond donors (Lipinski definition) is 2. The Bertz CT molecular complexity index is 1120. The number of hydrogen-bond acceptors (Lipinski definition) is 5. The van der Waals surface area contributed by atoms with E-state index in [1.165, 1.54) is 20.3 Å². The van der Waals surface area contributed by atoms with Gasteiger partial charge in [-0.2, -0.15) is 0 Å². The van der Waals surface area contributed by atoms with E-state index in [0.717, 1.165) is 16.7 Å². The SMILES string of the molecule is CCN=C(OC)C(O)(CC)CC/C=C\C=C\c1cccc(/C=C(\F)c2ccc(CO)c(OC)c2)c1C. The highest BCUT2D eigenvalue weighted by Crippen LogP contribution is 2.28. The first-order valence-corrected chi connectivity index (χ1v) is 12.2. The largest absolute Gasteiger partial charge is 0.496 e. The van der Waals surface area contributed by atoms with Crippen molar-refractivity contribution in [2.75, 3.05) is 20.8 Å². The number of aliphatic hydroxyl groups is 2. The molecular formula is C30H38FNO4. The molecule has 2 aromatic carbocycles. The summed E-state index contributed by atoms with van der Waals surface area (Å²) < 4.78 is 25.6. The third kappa shape index (κ3) is 7.64. The maximum atomic E-state index is 15.0. The topological polar surface area (TPSA) is 71.3 Å². The lowest BCUT2D eigenvalue weighted by atomic mass is 9.94. The van der Waals surface area contributed by atoms with E-state index in [4.69, 9.17) is 9.47 Å². The quantitative estimate of drug-likeness (QED) is 0.152. The minimum atomic E-state index is -1.07. The number of methoxy groups -OCH3 is 2. The summed E-state index contributed by atoms with van der Waals surface area (Å²) in [4.78, 5) is 4.27. The van der Waals surface area contributed by atoms with Gasteiger partial charge in [0, 0.05) is 17.7 Å². The van der Waals surface area contributed by atoms with Crippen LogP contribution in [0.5, 0.6) is 5.75 Å². The number of ether oxygens (including phenoxy) is 2. The van der Waals surface area contributed by atoms with Crippen molar-refractivity contribution < 1.29 is 24.1 Å². The second-order valence-electron chi connectivity index (χ2n) is 8.43. The summed E-state index contributed by atoms with van der Waals surface area (Å²) in [5.41, 5.74) is 2.65. The van der Waals surface area contributed by atoms with Crippen LogP contribution in [-0.2, 0) is 11.3 Å². The average Bonchev–Trinajstić information content (AvgIpc) is 2.90. The van der Waals surface area contributed by atoms with E-state index in [1.54, 1.807) is 18.2 Å². The van der Waals surface area contributed by atoms with E-state index < -0.39 is 5.60 Å². The molecule has 194 valence electrons. The molecule has 36 heavy (non-hydrogen) atoms. The van der Waals surface area contributed by atoms with Crippen LogP contribution in [0.2, 0.25) is 0 Å². The first-order chi connectivity index (χ1) is 17.3. The summed E-state index contributed by atoms with van der Waals surface area (Å²) in [5, 5.41) is 20.2. The standard InChI is InChI=1S/C30H38FNO4/c1-6-30(34,29(36-5)32-7-2)18-11-9-8-10-13-23-14-12-15-24(22(23)3)19-27(31)25-16-17-26(21-33)28(20-25)35-4/h8-10,12-17,19-20,33-34H,6-7,11,18,21H2,1-5H3/b9-8-,13-10+,27-19-,32-29?. The molecule has 0 aromatic heterocycles. The van der Waals surface area contributed by atoms with Gasteiger partial charge in [0.2, 0.25) is 5.90 Å². The number of allylic oxidation sites excluding steroid dienone is 3. The summed E-state index contributed by atoms with van der Waals surface area (Å²) >= 11 is 0. The molecule has 0 saturated carbocycles. The number of halogens is 1. The first-order valence-electron chi connectivity index (χ1n) is 12.2. The molecule has 0 heterocycles. The third-order valence-corrected chi connectivity index (χ3v) is 6.16. The fourth-order valence-corrected chi connectivity index (χ4v) is 3.89. The lowest BCUT2D eigenvalue weighted by molar-refractivity contribution is 0.0735. The molecule has 5 nitrogen and oxygen atoms in total. The predicted molar refractivity (Wildman–Crippen MR) is 147 cm³/mol. The van der Waals surface area contributed by atoms with Crippen LogP contribution in [0.1, 0.15) is 60.9 Å². The Balaban J connectivity index is 2.11. The van der Waals surface area contributed by atoms with Crippen molar-refractivity contribution in [1.29, 1.82) is 0 Å². The van der Waals surface area contributed by atoms with E-state index >= 15 is 4.39 Å². The molecule has 6 heteroatoms. The smallest absolute Gasteiger partial charge is 0.215 e. The van der Waals surface area contributed by atoms with Gasteiger partial charge in [0.15, 0.2) is 0 Å².